The van der Waals surface area contributed by atoms with E-state index in [1.807, 2.05) is 0 Å². The van der Waals surface area contributed by atoms with Gasteiger partial charge in [0.05, 0.1) is 0 Å². The number of hydrogen-bond acceptors (Lipinski definition) is 6. The summed E-state index contributed by atoms with van der Waals surface area (Å²) in [6.07, 6.45) is 8.97. The molecule has 1 aromatic heterocycles. The average Bonchev–Trinajstić information content (AvgIpc) is 3.28. The zero-order valence-electron chi connectivity index (χ0n) is 17.1. The summed E-state index contributed by atoms with van der Waals surface area (Å²) in [4.78, 5) is 5.10. The maximum Gasteiger partial charge on any atom is 0.151 e. The summed E-state index contributed by atoms with van der Waals surface area (Å²) in [5.41, 5.74) is 0. The molecule has 1 aromatic rings. The van der Waals surface area contributed by atoms with Crippen LogP contribution < -0.4 is 10.2 Å². The monoisotopic (exact) mass is 385 g/mol. The SMILES string of the molecule is c1cc(N2CCCCC2)nnc1NC1C[C@@H]2CN(CC3CCOCC3)C[C@@H]2C1. The molecule has 1 unspecified atom stereocenters. The maximum atomic E-state index is 5.51. The highest BCUT2D eigenvalue weighted by molar-refractivity contribution is 5.44. The van der Waals surface area contributed by atoms with Crippen molar-refractivity contribution in [1.29, 1.82) is 0 Å². The van der Waals surface area contributed by atoms with Crippen molar-refractivity contribution in [3.63, 3.8) is 0 Å². The van der Waals surface area contributed by atoms with Gasteiger partial charge >= 0.3 is 0 Å². The first-order chi connectivity index (χ1) is 13.8. The first-order valence-electron chi connectivity index (χ1n) is 11.5. The first-order valence-corrected chi connectivity index (χ1v) is 11.5. The zero-order chi connectivity index (χ0) is 18.8. The number of nitrogens with zero attached hydrogens (tertiary/aromatic N) is 4. The fourth-order valence-corrected chi connectivity index (χ4v) is 5.86. The molecule has 1 aliphatic carbocycles. The van der Waals surface area contributed by atoms with E-state index in [2.05, 4.69) is 37.4 Å². The molecule has 6 heteroatoms. The number of ether oxygens (including phenoxy) is 1. The topological polar surface area (TPSA) is 53.5 Å². The van der Waals surface area contributed by atoms with Gasteiger partial charge in [-0.05, 0) is 74.8 Å². The molecule has 4 fully saturated rings. The summed E-state index contributed by atoms with van der Waals surface area (Å²) in [5, 5.41) is 12.6. The molecular formula is C22H35N5O. The smallest absolute Gasteiger partial charge is 0.151 e. The van der Waals surface area contributed by atoms with Crippen LogP contribution in [0.3, 0.4) is 0 Å². The van der Waals surface area contributed by atoms with Crippen molar-refractivity contribution in [2.24, 2.45) is 17.8 Å². The fourth-order valence-electron chi connectivity index (χ4n) is 5.86. The minimum absolute atomic E-state index is 0.565. The molecule has 6 nitrogen and oxygen atoms in total. The Bertz CT molecular complexity index is 612. The average molecular weight is 386 g/mol. The van der Waals surface area contributed by atoms with Gasteiger partial charge in [-0.2, -0.15) is 0 Å². The summed E-state index contributed by atoms with van der Waals surface area (Å²) in [7, 11) is 0. The quantitative estimate of drug-likeness (QED) is 0.841. The molecule has 0 spiro atoms. The number of anilines is 2. The number of hydrogen-bond donors (Lipinski definition) is 1. The lowest BCUT2D eigenvalue weighted by atomic mass is 10.00. The maximum absolute atomic E-state index is 5.51. The molecule has 4 heterocycles. The third-order valence-electron chi connectivity index (χ3n) is 7.37. The van der Waals surface area contributed by atoms with Gasteiger partial charge < -0.3 is 19.9 Å². The third kappa shape index (κ3) is 4.28. The van der Waals surface area contributed by atoms with Crippen molar-refractivity contribution in [3.05, 3.63) is 12.1 Å². The van der Waals surface area contributed by atoms with Crippen molar-refractivity contribution in [3.8, 4) is 0 Å². The number of aromatic nitrogens is 2. The first kappa shape index (κ1) is 18.6. The summed E-state index contributed by atoms with van der Waals surface area (Å²) >= 11 is 0. The standard InChI is InChI=1S/C22H35N5O/c1-2-8-27(9-3-1)22-5-4-21(24-25-22)23-20-12-18-15-26(16-19(18)13-20)14-17-6-10-28-11-7-17/h4-5,17-20H,1-3,6-16H2,(H,23,24)/t18-,19+,20?. The van der Waals surface area contributed by atoms with E-state index < -0.39 is 0 Å². The van der Waals surface area contributed by atoms with Crippen LogP contribution in [-0.2, 0) is 4.74 Å². The van der Waals surface area contributed by atoms with Crippen LogP contribution in [0.25, 0.3) is 0 Å². The van der Waals surface area contributed by atoms with Gasteiger partial charge in [-0.15, -0.1) is 10.2 Å². The predicted molar refractivity (Wildman–Crippen MR) is 112 cm³/mol. The Balaban J connectivity index is 1.09. The molecule has 0 radical (unpaired) electrons. The van der Waals surface area contributed by atoms with E-state index in [1.54, 1.807) is 0 Å². The van der Waals surface area contributed by atoms with Gasteiger partial charge in [-0.25, -0.2) is 0 Å². The number of likely N-dealkylation sites (tertiary alicyclic amines) is 1. The Morgan fingerprint density at radius 3 is 2.39 bits per heavy atom. The molecular weight excluding hydrogens is 350 g/mol. The van der Waals surface area contributed by atoms with E-state index >= 15 is 0 Å². The van der Waals surface area contributed by atoms with Crippen LogP contribution in [0.15, 0.2) is 12.1 Å². The van der Waals surface area contributed by atoms with Crippen molar-refractivity contribution in [2.75, 3.05) is 56.2 Å². The molecule has 1 N–H and O–H groups in total. The van der Waals surface area contributed by atoms with Crippen LogP contribution in [0.2, 0.25) is 0 Å². The van der Waals surface area contributed by atoms with Crippen LogP contribution >= 0.6 is 0 Å². The molecule has 3 aliphatic heterocycles. The molecule has 3 saturated heterocycles. The number of rotatable bonds is 5. The van der Waals surface area contributed by atoms with Gasteiger partial charge in [0, 0.05) is 52.0 Å². The van der Waals surface area contributed by atoms with Gasteiger partial charge in [-0.3, -0.25) is 0 Å². The second kappa shape index (κ2) is 8.54. The second-order valence-electron chi connectivity index (χ2n) is 9.43. The summed E-state index contributed by atoms with van der Waals surface area (Å²) in [6, 6.07) is 4.84. The normalized spacial score (nSPS) is 31.9. The van der Waals surface area contributed by atoms with Crippen molar-refractivity contribution < 1.29 is 4.74 Å². The fraction of sp³-hybridized carbons (Fsp3) is 0.818. The second-order valence-corrected chi connectivity index (χ2v) is 9.43. The number of nitrogens with one attached hydrogen (secondary N) is 1. The molecule has 0 bridgehead atoms. The highest BCUT2D eigenvalue weighted by Gasteiger charge is 2.41. The highest BCUT2D eigenvalue weighted by Crippen LogP contribution is 2.39. The van der Waals surface area contributed by atoms with E-state index in [9.17, 15) is 0 Å². The molecule has 1 saturated carbocycles. The molecule has 3 atom stereocenters. The Morgan fingerprint density at radius 2 is 1.71 bits per heavy atom. The molecule has 154 valence electrons. The van der Waals surface area contributed by atoms with Crippen LogP contribution in [-0.4, -0.2) is 67.1 Å². The van der Waals surface area contributed by atoms with E-state index in [0.717, 1.165) is 55.7 Å². The Hall–Kier alpha value is -1.40. The van der Waals surface area contributed by atoms with E-state index in [4.69, 9.17) is 4.74 Å². The minimum atomic E-state index is 0.565. The lowest BCUT2D eigenvalue weighted by molar-refractivity contribution is 0.0545. The van der Waals surface area contributed by atoms with Gasteiger partial charge in [0.1, 0.15) is 5.82 Å². The number of piperidine rings is 1. The van der Waals surface area contributed by atoms with Gasteiger partial charge in [-0.1, -0.05) is 0 Å². The van der Waals surface area contributed by atoms with Crippen LogP contribution in [0.5, 0.6) is 0 Å². The summed E-state index contributed by atoms with van der Waals surface area (Å²) < 4.78 is 5.51. The van der Waals surface area contributed by atoms with E-state index in [-0.39, 0.29) is 0 Å². The zero-order valence-corrected chi connectivity index (χ0v) is 17.1. The molecule has 5 rings (SSSR count). The minimum Gasteiger partial charge on any atom is -0.381 e. The third-order valence-corrected chi connectivity index (χ3v) is 7.37. The van der Waals surface area contributed by atoms with Crippen molar-refractivity contribution in [2.45, 2.75) is 51.0 Å². The highest BCUT2D eigenvalue weighted by atomic mass is 16.5. The Kier molecular flexibility index (Phi) is 5.68. The van der Waals surface area contributed by atoms with Gasteiger partial charge in [0.15, 0.2) is 5.82 Å². The molecule has 0 amide bonds. The Morgan fingerprint density at radius 1 is 0.964 bits per heavy atom. The van der Waals surface area contributed by atoms with Crippen molar-refractivity contribution in [1.82, 2.24) is 15.1 Å². The van der Waals surface area contributed by atoms with Crippen LogP contribution in [0.1, 0.15) is 44.9 Å². The Labute approximate surface area is 169 Å². The van der Waals surface area contributed by atoms with E-state index in [0.29, 0.717) is 6.04 Å². The summed E-state index contributed by atoms with van der Waals surface area (Å²) in [6.45, 7) is 8.05. The number of fused-ring (bicyclic) bond motifs is 1. The van der Waals surface area contributed by atoms with Crippen LogP contribution in [0.4, 0.5) is 11.6 Å². The lowest BCUT2D eigenvalue weighted by Crippen LogP contribution is -2.32. The molecule has 0 aromatic carbocycles. The van der Waals surface area contributed by atoms with Gasteiger partial charge in [0.2, 0.25) is 0 Å². The van der Waals surface area contributed by atoms with Crippen molar-refractivity contribution >= 4 is 11.6 Å². The van der Waals surface area contributed by atoms with Crippen LogP contribution in [0, 0.1) is 17.8 Å². The largest absolute Gasteiger partial charge is 0.381 e. The summed E-state index contributed by atoms with van der Waals surface area (Å²) in [5.74, 6) is 4.56. The predicted octanol–water partition coefficient (Wildman–Crippen LogP) is 3.02. The van der Waals surface area contributed by atoms with E-state index in [1.165, 1.54) is 64.6 Å². The lowest BCUT2D eigenvalue weighted by Gasteiger charge is -2.28. The molecule has 4 aliphatic rings. The van der Waals surface area contributed by atoms with Gasteiger partial charge in [0.25, 0.3) is 0 Å². The molecule has 28 heavy (non-hydrogen) atoms.